The Labute approximate surface area is 191 Å². The SMILES string of the molecule is C/C1=C\[C@@H]2[C@H](CC[C@@]3(C)O[C@@H]3C[C@@H](O)[C@@H](C)CC(OC(=O)c3ccccc3)C1=O)C2(C)C. The number of ketones is 1. The molecule has 0 spiro atoms. The predicted molar refractivity (Wildman–Crippen MR) is 122 cm³/mol. The molecule has 0 aromatic heterocycles. The van der Waals surface area contributed by atoms with Crippen LogP contribution in [-0.4, -0.2) is 40.8 Å². The van der Waals surface area contributed by atoms with Crippen LogP contribution in [0.4, 0.5) is 0 Å². The molecule has 2 aliphatic carbocycles. The minimum absolute atomic E-state index is 0.0431. The van der Waals surface area contributed by atoms with Gasteiger partial charge in [0.15, 0.2) is 11.9 Å². The first-order valence-electron chi connectivity index (χ1n) is 11.9. The highest BCUT2D eigenvalue weighted by Gasteiger charge is 2.59. The first-order valence-corrected chi connectivity index (χ1v) is 11.9. The topological polar surface area (TPSA) is 76.1 Å². The monoisotopic (exact) mass is 440 g/mol. The molecule has 3 aliphatic rings. The lowest BCUT2D eigenvalue weighted by molar-refractivity contribution is -0.125. The van der Waals surface area contributed by atoms with Crippen molar-refractivity contribution < 1.29 is 24.2 Å². The third-order valence-electron chi connectivity index (χ3n) is 8.19. The van der Waals surface area contributed by atoms with Gasteiger partial charge in [-0.15, -0.1) is 0 Å². The maximum Gasteiger partial charge on any atom is 0.338 e. The number of ether oxygens (including phenoxy) is 2. The van der Waals surface area contributed by atoms with Crippen LogP contribution in [0.25, 0.3) is 0 Å². The second kappa shape index (κ2) is 8.42. The van der Waals surface area contributed by atoms with Gasteiger partial charge in [-0.1, -0.05) is 45.0 Å². The molecule has 0 bridgehead atoms. The van der Waals surface area contributed by atoms with E-state index in [1.54, 1.807) is 24.3 Å². The number of aliphatic hydroxyl groups excluding tert-OH is 1. The number of aliphatic hydroxyl groups is 1. The van der Waals surface area contributed by atoms with Crippen molar-refractivity contribution in [2.45, 2.75) is 84.2 Å². The average Bonchev–Trinajstić information content (AvgIpc) is 3.56. The van der Waals surface area contributed by atoms with Gasteiger partial charge < -0.3 is 14.6 Å². The Morgan fingerprint density at radius 3 is 2.53 bits per heavy atom. The zero-order valence-electron chi connectivity index (χ0n) is 19.8. The first kappa shape index (κ1) is 23.2. The highest BCUT2D eigenvalue weighted by Crippen LogP contribution is 2.62. The number of benzene rings is 1. The summed E-state index contributed by atoms with van der Waals surface area (Å²) in [4.78, 5) is 26.1. The molecule has 1 aliphatic heterocycles. The fourth-order valence-electron chi connectivity index (χ4n) is 5.45. The molecule has 1 aromatic carbocycles. The van der Waals surface area contributed by atoms with E-state index in [0.29, 0.717) is 29.4 Å². The van der Waals surface area contributed by atoms with E-state index in [2.05, 4.69) is 26.8 Å². The highest BCUT2D eigenvalue weighted by atomic mass is 16.6. The summed E-state index contributed by atoms with van der Waals surface area (Å²) in [5.74, 6) is -0.0452. The van der Waals surface area contributed by atoms with Gasteiger partial charge in [-0.05, 0) is 74.0 Å². The van der Waals surface area contributed by atoms with Crippen LogP contribution in [0.15, 0.2) is 42.0 Å². The van der Waals surface area contributed by atoms with Crippen LogP contribution >= 0.6 is 0 Å². The number of esters is 1. The van der Waals surface area contributed by atoms with Gasteiger partial charge in [0.2, 0.25) is 0 Å². The van der Waals surface area contributed by atoms with E-state index in [4.69, 9.17) is 9.47 Å². The third kappa shape index (κ3) is 4.55. The van der Waals surface area contributed by atoms with Crippen molar-refractivity contribution in [2.75, 3.05) is 0 Å². The Morgan fingerprint density at radius 2 is 1.84 bits per heavy atom. The van der Waals surface area contributed by atoms with Crippen molar-refractivity contribution in [2.24, 2.45) is 23.2 Å². The van der Waals surface area contributed by atoms with Crippen LogP contribution in [0.1, 0.15) is 70.7 Å². The summed E-state index contributed by atoms with van der Waals surface area (Å²) in [6.07, 6.45) is 3.42. The van der Waals surface area contributed by atoms with Crippen LogP contribution in [-0.2, 0) is 14.3 Å². The van der Waals surface area contributed by atoms with Gasteiger partial charge in [-0.3, -0.25) is 4.79 Å². The minimum Gasteiger partial charge on any atom is -0.450 e. The van der Waals surface area contributed by atoms with Gasteiger partial charge in [0.05, 0.1) is 23.4 Å². The summed E-state index contributed by atoms with van der Waals surface area (Å²) < 4.78 is 11.7. The van der Waals surface area contributed by atoms with Gasteiger partial charge >= 0.3 is 5.97 Å². The molecule has 1 saturated carbocycles. The van der Waals surface area contributed by atoms with E-state index in [0.717, 1.165) is 12.8 Å². The average molecular weight is 441 g/mol. The zero-order valence-corrected chi connectivity index (χ0v) is 19.8. The number of allylic oxidation sites excluding steroid dienone is 1. The lowest BCUT2D eigenvalue weighted by Crippen LogP contribution is -2.33. The lowest BCUT2D eigenvalue weighted by atomic mass is 9.88. The fraction of sp³-hybridized carbons (Fsp3) is 0.630. The van der Waals surface area contributed by atoms with Crippen molar-refractivity contribution in [3.63, 3.8) is 0 Å². The maximum atomic E-state index is 13.4. The van der Waals surface area contributed by atoms with Crippen LogP contribution in [0.2, 0.25) is 0 Å². The lowest BCUT2D eigenvalue weighted by Gasteiger charge is -2.24. The zero-order chi connectivity index (χ0) is 23.3. The van der Waals surface area contributed by atoms with E-state index in [-0.39, 0.29) is 35.2 Å². The Bertz CT molecular complexity index is 904. The molecule has 2 fully saturated rings. The number of epoxide rings is 1. The summed E-state index contributed by atoms with van der Waals surface area (Å²) in [7, 11) is 0. The van der Waals surface area contributed by atoms with E-state index >= 15 is 0 Å². The molecule has 1 heterocycles. The van der Waals surface area contributed by atoms with Crippen LogP contribution in [0.5, 0.6) is 0 Å². The molecule has 7 atom stereocenters. The number of Topliss-reactive ketones (excluding diaryl/α,β-unsaturated/α-hetero) is 1. The van der Waals surface area contributed by atoms with Gasteiger partial charge in [0.1, 0.15) is 0 Å². The standard InChI is InChI=1S/C27H36O5/c1-16-14-22(31-25(30)18-9-7-6-8-10-18)24(29)17(2)13-20-19(26(20,3)4)11-12-27(5)23(32-27)15-21(16)28/h6-10,13,16,19-23,28H,11-12,14-15H2,1-5H3/b17-13+/t16-,19-,20+,21+,22?,23+,27+/m0/s1. The van der Waals surface area contributed by atoms with E-state index in [1.807, 2.05) is 19.9 Å². The molecule has 5 heteroatoms. The van der Waals surface area contributed by atoms with Gasteiger partial charge in [0.25, 0.3) is 0 Å². The summed E-state index contributed by atoms with van der Waals surface area (Å²) >= 11 is 0. The minimum atomic E-state index is -0.918. The number of fused-ring (bicyclic) bond motifs is 2. The molecular formula is C27H36O5. The van der Waals surface area contributed by atoms with Crippen molar-refractivity contribution >= 4 is 11.8 Å². The number of hydrogen-bond donors (Lipinski definition) is 1. The van der Waals surface area contributed by atoms with Crippen molar-refractivity contribution in [1.82, 2.24) is 0 Å². The molecule has 32 heavy (non-hydrogen) atoms. The Hall–Kier alpha value is -1.98. The highest BCUT2D eigenvalue weighted by molar-refractivity contribution is 6.00. The van der Waals surface area contributed by atoms with E-state index < -0.39 is 18.2 Å². The van der Waals surface area contributed by atoms with Crippen LogP contribution < -0.4 is 0 Å². The van der Waals surface area contributed by atoms with Gasteiger partial charge in [-0.2, -0.15) is 0 Å². The van der Waals surface area contributed by atoms with Gasteiger partial charge in [-0.25, -0.2) is 4.79 Å². The largest absolute Gasteiger partial charge is 0.450 e. The molecule has 1 N–H and O–H groups in total. The smallest absolute Gasteiger partial charge is 0.338 e. The second-order valence-electron chi connectivity index (χ2n) is 10.9. The van der Waals surface area contributed by atoms with Gasteiger partial charge in [0, 0.05) is 6.42 Å². The molecule has 1 aromatic rings. The van der Waals surface area contributed by atoms with Crippen LogP contribution in [0.3, 0.4) is 0 Å². The van der Waals surface area contributed by atoms with E-state index in [1.165, 1.54) is 0 Å². The summed E-state index contributed by atoms with van der Waals surface area (Å²) in [5.41, 5.74) is 1.04. The fourth-order valence-corrected chi connectivity index (χ4v) is 5.45. The second-order valence-corrected chi connectivity index (χ2v) is 10.9. The molecule has 4 rings (SSSR count). The number of hydrogen-bond acceptors (Lipinski definition) is 5. The molecule has 5 nitrogen and oxygen atoms in total. The molecular weight excluding hydrogens is 404 g/mol. The maximum absolute atomic E-state index is 13.4. The summed E-state index contributed by atoms with van der Waals surface area (Å²) in [5, 5.41) is 10.8. The van der Waals surface area contributed by atoms with E-state index in [9.17, 15) is 14.7 Å². The van der Waals surface area contributed by atoms with Crippen molar-refractivity contribution in [3.05, 3.63) is 47.5 Å². The molecule has 1 saturated heterocycles. The summed E-state index contributed by atoms with van der Waals surface area (Å²) in [6, 6.07) is 8.73. The van der Waals surface area contributed by atoms with Crippen molar-refractivity contribution in [1.29, 1.82) is 0 Å². The number of carbonyl (C=O) groups excluding carboxylic acids is 2. The molecule has 0 radical (unpaired) electrons. The quantitative estimate of drug-likeness (QED) is 0.532. The Kier molecular flexibility index (Phi) is 6.10. The number of carbonyl (C=O) groups is 2. The Morgan fingerprint density at radius 1 is 1.16 bits per heavy atom. The molecule has 0 amide bonds. The number of rotatable bonds is 2. The van der Waals surface area contributed by atoms with Crippen molar-refractivity contribution in [3.8, 4) is 0 Å². The first-order chi connectivity index (χ1) is 15.0. The third-order valence-corrected chi connectivity index (χ3v) is 8.19. The summed E-state index contributed by atoms with van der Waals surface area (Å²) in [6.45, 7) is 10.4. The normalized spacial score (nSPS) is 40.7. The predicted octanol–water partition coefficient (Wildman–Crippen LogP) is 4.73. The Balaban J connectivity index is 1.59. The molecule has 1 unspecified atom stereocenters. The van der Waals surface area contributed by atoms with Crippen LogP contribution in [0, 0.1) is 23.2 Å². The molecule has 174 valence electrons.